The zero-order valence-electron chi connectivity index (χ0n) is 15.8. The summed E-state index contributed by atoms with van der Waals surface area (Å²) >= 11 is 6.10. The summed E-state index contributed by atoms with van der Waals surface area (Å²) in [5, 5.41) is 3.26. The van der Waals surface area contributed by atoms with Crippen LogP contribution in [0.2, 0.25) is 5.02 Å². The van der Waals surface area contributed by atoms with Crippen LogP contribution in [0.4, 0.5) is 5.69 Å². The van der Waals surface area contributed by atoms with Gasteiger partial charge in [0.1, 0.15) is 5.75 Å². The Kier molecular flexibility index (Phi) is 6.27. The predicted octanol–water partition coefficient (Wildman–Crippen LogP) is 3.70. The van der Waals surface area contributed by atoms with Gasteiger partial charge in [0.15, 0.2) is 0 Å². The Morgan fingerprint density at radius 3 is 2.75 bits per heavy atom. The van der Waals surface area contributed by atoms with Crippen LogP contribution in [0.15, 0.2) is 47.4 Å². The third kappa shape index (κ3) is 4.48. The Morgan fingerprint density at radius 1 is 1.25 bits per heavy atom. The molecule has 1 atom stereocenters. The van der Waals surface area contributed by atoms with Gasteiger partial charge in [0, 0.05) is 29.9 Å². The second kappa shape index (κ2) is 8.51. The first-order valence-corrected chi connectivity index (χ1v) is 10.8. The Balaban J connectivity index is 1.73. The number of carbonyl (C=O) groups excluding carboxylic acids is 1. The van der Waals surface area contributed by atoms with Crippen molar-refractivity contribution in [1.82, 2.24) is 4.31 Å². The summed E-state index contributed by atoms with van der Waals surface area (Å²) in [5.74, 6) is 0.0210. The number of rotatable bonds is 5. The molecule has 0 bridgehead atoms. The van der Waals surface area contributed by atoms with Crippen LogP contribution in [-0.4, -0.2) is 38.8 Å². The Morgan fingerprint density at radius 2 is 2.04 bits per heavy atom. The highest BCUT2D eigenvalue weighted by Crippen LogP contribution is 2.27. The van der Waals surface area contributed by atoms with E-state index in [-0.39, 0.29) is 17.3 Å². The van der Waals surface area contributed by atoms with Gasteiger partial charge in [-0.25, -0.2) is 8.42 Å². The van der Waals surface area contributed by atoms with Crippen molar-refractivity contribution in [1.29, 1.82) is 0 Å². The Labute approximate surface area is 170 Å². The molecule has 0 aliphatic carbocycles. The monoisotopic (exact) mass is 422 g/mol. The summed E-state index contributed by atoms with van der Waals surface area (Å²) in [6, 6.07) is 11.8. The molecule has 0 saturated carbocycles. The number of sulfonamides is 1. The highest BCUT2D eigenvalue weighted by atomic mass is 35.5. The SMILES string of the molecule is COc1cccc(NC(=O)[C@H]2CCCN(S(=O)(=O)c3ccc(C)c(Cl)c3)C2)c1. The zero-order valence-corrected chi connectivity index (χ0v) is 17.4. The molecule has 1 aliphatic heterocycles. The van der Waals surface area contributed by atoms with Crippen LogP contribution < -0.4 is 10.1 Å². The molecule has 28 heavy (non-hydrogen) atoms. The standard InChI is InChI=1S/C20H23ClN2O4S/c1-14-8-9-18(12-19(14)21)28(25,26)23-10-4-5-15(13-23)20(24)22-16-6-3-7-17(11-16)27-2/h3,6-9,11-12,15H,4-5,10,13H2,1-2H3,(H,22,24)/t15-/m0/s1. The minimum atomic E-state index is -3.70. The molecule has 1 heterocycles. The molecule has 1 saturated heterocycles. The topological polar surface area (TPSA) is 75.7 Å². The molecule has 1 N–H and O–H groups in total. The van der Waals surface area contributed by atoms with Crippen molar-refractivity contribution >= 4 is 33.2 Å². The van der Waals surface area contributed by atoms with Gasteiger partial charge in [0.25, 0.3) is 0 Å². The summed E-state index contributed by atoms with van der Waals surface area (Å²) in [6.07, 6.45) is 1.26. The van der Waals surface area contributed by atoms with E-state index in [1.54, 1.807) is 43.5 Å². The quantitative estimate of drug-likeness (QED) is 0.797. The Hall–Kier alpha value is -2.09. The minimum absolute atomic E-state index is 0.142. The van der Waals surface area contributed by atoms with Crippen LogP contribution in [0, 0.1) is 12.8 Å². The molecule has 0 spiro atoms. The lowest BCUT2D eigenvalue weighted by Crippen LogP contribution is -2.43. The number of nitrogens with one attached hydrogen (secondary N) is 1. The summed E-state index contributed by atoms with van der Waals surface area (Å²) in [7, 11) is -2.14. The van der Waals surface area contributed by atoms with Gasteiger partial charge in [-0.15, -0.1) is 0 Å². The number of piperidine rings is 1. The molecule has 0 aromatic heterocycles. The van der Waals surface area contributed by atoms with E-state index >= 15 is 0 Å². The fourth-order valence-electron chi connectivity index (χ4n) is 3.20. The second-order valence-corrected chi connectivity index (χ2v) is 9.18. The highest BCUT2D eigenvalue weighted by Gasteiger charge is 2.33. The minimum Gasteiger partial charge on any atom is -0.497 e. The van der Waals surface area contributed by atoms with Crippen LogP contribution in [0.3, 0.4) is 0 Å². The van der Waals surface area contributed by atoms with Crippen LogP contribution in [0.5, 0.6) is 5.75 Å². The first kappa shape index (κ1) is 20.6. The van der Waals surface area contributed by atoms with Crippen molar-refractivity contribution in [3.8, 4) is 5.75 Å². The molecule has 6 nitrogen and oxygen atoms in total. The third-order valence-electron chi connectivity index (χ3n) is 4.87. The van der Waals surface area contributed by atoms with Gasteiger partial charge in [0.2, 0.25) is 15.9 Å². The molecule has 8 heteroatoms. The molecule has 0 unspecified atom stereocenters. The number of halogens is 1. The van der Waals surface area contributed by atoms with Gasteiger partial charge in [-0.05, 0) is 49.6 Å². The summed E-state index contributed by atoms with van der Waals surface area (Å²) in [6.45, 7) is 2.35. The van der Waals surface area contributed by atoms with Crippen LogP contribution in [0.1, 0.15) is 18.4 Å². The van der Waals surface area contributed by atoms with Crippen molar-refractivity contribution in [2.75, 3.05) is 25.5 Å². The summed E-state index contributed by atoms with van der Waals surface area (Å²) < 4.78 is 32.5. The van der Waals surface area contributed by atoms with Crippen molar-refractivity contribution in [3.05, 3.63) is 53.1 Å². The van der Waals surface area contributed by atoms with E-state index in [0.717, 1.165) is 5.56 Å². The van der Waals surface area contributed by atoms with Gasteiger partial charge in [-0.3, -0.25) is 4.79 Å². The molecule has 1 aliphatic rings. The van der Waals surface area contributed by atoms with Crippen LogP contribution in [-0.2, 0) is 14.8 Å². The second-order valence-electron chi connectivity index (χ2n) is 6.83. The van der Waals surface area contributed by atoms with E-state index in [0.29, 0.717) is 35.8 Å². The maximum atomic E-state index is 13.0. The largest absolute Gasteiger partial charge is 0.497 e. The van der Waals surface area contributed by atoms with Gasteiger partial charge in [-0.2, -0.15) is 4.31 Å². The maximum Gasteiger partial charge on any atom is 0.243 e. The molecule has 1 amide bonds. The molecule has 2 aromatic rings. The zero-order chi connectivity index (χ0) is 20.3. The van der Waals surface area contributed by atoms with E-state index in [1.807, 2.05) is 6.92 Å². The lowest BCUT2D eigenvalue weighted by atomic mass is 9.98. The van der Waals surface area contributed by atoms with E-state index < -0.39 is 15.9 Å². The van der Waals surface area contributed by atoms with Crippen LogP contribution >= 0.6 is 11.6 Å². The van der Waals surface area contributed by atoms with E-state index in [2.05, 4.69) is 5.32 Å². The maximum absolute atomic E-state index is 13.0. The first-order valence-electron chi connectivity index (χ1n) is 9.02. The molecule has 0 radical (unpaired) electrons. The fourth-order valence-corrected chi connectivity index (χ4v) is 5.00. The van der Waals surface area contributed by atoms with Crippen molar-refractivity contribution < 1.29 is 17.9 Å². The fraction of sp³-hybridized carbons (Fsp3) is 0.350. The molecule has 2 aromatic carbocycles. The summed E-state index contributed by atoms with van der Waals surface area (Å²) in [4.78, 5) is 12.8. The van der Waals surface area contributed by atoms with Crippen molar-refractivity contribution in [2.45, 2.75) is 24.7 Å². The van der Waals surface area contributed by atoms with E-state index in [9.17, 15) is 13.2 Å². The number of aryl methyl sites for hydroxylation is 1. The van der Waals surface area contributed by atoms with Gasteiger partial charge >= 0.3 is 0 Å². The smallest absolute Gasteiger partial charge is 0.243 e. The van der Waals surface area contributed by atoms with Gasteiger partial charge < -0.3 is 10.1 Å². The van der Waals surface area contributed by atoms with Crippen molar-refractivity contribution in [3.63, 3.8) is 0 Å². The highest BCUT2D eigenvalue weighted by molar-refractivity contribution is 7.89. The number of hydrogen-bond acceptors (Lipinski definition) is 4. The molecular weight excluding hydrogens is 400 g/mol. The van der Waals surface area contributed by atoms with Crippen LogP contribution in [0.25, 0.3) is 0 Å². The first-order chi connectivity index (χ1) is 13.3. The lowest BCUT2D eigenvalue weighted by molar-refractivity contribution is -0.120. The average molecular weight is 423 g/mol. The van der Waals surface area contributed by atoms with Gasteiger partial charge in [0.05, 0.1) is 17.9 Å². The van der Waals surface area contributed by atoms with E-state index in [1.165, 1.54) is 10.4 Å². The summed E-state index contributed by atoms with van der Waals surface area (Å²) in [5.41, 5.74) is 1.43. The Bertz CT molecular complexity index is 978. The number of amides is 1. The number of nitrogens with zero attached hydrogens (tertiary/aromatic N) is 1. The number of anilines is 1. The lowest BCUT2D eigenvalue weighted by Gasteiger charge is -2.31. The number of ether oxygens (including phenoxy) is 1. The third-order valence-corrected chi connectivity index (χ3v) is 7.14. The number of methoxy groups -OCH3 is 1. The van der Waals surface area contributed by atoms with Crippen molar-refractivity contribution in [2.24, 2.45) is 5.92 Å². The average Bonchev–Trinajstić information content (AvgIpc) is 2.70. The molecule has 1 fully saturated rings. The number of benzene rings is 2. The molecular formula is C20H23ClN2O4S. The van der Waals surface area contributed by atoms with Gasteiger partial charge in [-0.1, -0.05) is 23.7 Å². The molecule has 3 rings (SSSR count). The predicted molar refractivity (Wildman–Crippen MR) is 109 cm³/mol. The number of carbonyl (C=O) groups is 1. The van der Waals surface area contributed by atoms with E-state index in [4.69, 9.17) is 16.3 Å². The molecule has 150 valence electrons. The number of hydrogen-bond donors (Lipinski definition) is 1. The normalized spacial score (nSPS) is 17.9.